The molecular formula is C44H83N3O2. The van der Waals surface area contributed by atoms with E-state index in [-0.39, 0.29) is 12.5 Å². The standard InChI is InChI=1S/C44H83N3O2/c1-3-5-7-9-11-13-15-17-19-21-22-24-26-28-30-32-36-43-46-42(41-47(43)39-40-48)35-34-38-45-44(49)37-33-31-29-27-25-23-20-18-16-14-12-10-8-6-4-2/h17-20,42,48H,3-16,21-41H2,1-2H3,(H,45,49)/b19-17-,20-18-. The number of hydrogen-bond donors (Lipinski definition) is 2. The second-order valence-electron chi connectivity index (χ2n) is 14.9. The number of nitrogens with one attached hydrogen (secondary N) is 1. The van der Waals surface area contributed by atoms with E-state index in [1.165, 1.54) is 166 Å². The highest BCUT2D eigenvalue weighted by molar-refractivity contribution is 5.84. The summed E-state index contributed by atoms with van der Waals surface area (Å²) in [6, 6.07) is 0.304. The van der Waals surface area contributed by atoms with Crippen molar-refractivity contribution in [1.82, 2.24) is 10.2 Å². The second-order valence-corrected chi connectivity index (χ2v) is 14.9. The van der Waals surface area contributed by atoms with Crippen molar-refractivity contribution in [3.8, 4) is 0 Å². The van der Waals surface area contributed by atoms with Crippen LogP contribution in [0.5, 0.6) is 0 Å². The van der Waals surface area contributed by atoms with Crippen molar-refractivity contribution in [3.63, 3.8) is 0 Å². The van der Waals surface area contributed by atoms with Crippen LogP contribution in [-0.4, -0.2) is 54.0 Å². The Hall–Kier alpha value is -1.62. The lowest BCUT2D eigenvalue weighted by molar-refractivity contribution is -0.121. The normalized spacial score (nSPS) is 14.9. The van der Waals surface area contributed by atoms with Crippen molar-refractivity contribution in [2.75, 3.05) is 26.2 Å². The van der Waals surface area contributed by atoms with Gasteiger partial charge >= 0.3 is 0 Å². The van der Waals surface area contributed by atoms with Crippen molar-refractivity contribution in [2.24, 2.45) is 4.99 Å². The molecule has 0 aromatic carbocycles. The van der Waals surface area contributed by atoms with Gasteiger partial charge in [-0.25, -0.2) is 0 Å². The van der Waals surface area contributed by atoms with Gasteiger partial charge in [0.2, 0.25) is 5.91 Å². The zero-order valence-corrected chi connectivity index (χ0v) is 32.9. The number of carbonyl (C=O) groups excluding carboxylic acids is 1. The SMILES string of the molecule is CCCCCCCC/C=C\CCCCCCCCC1=NC(CCCNC(=O)CCCCCCC/C=C\CCCCCCCC)CN1CCO. The van der Waals surface area contributed by atoms with Gasteiger partial charge in [-0.3, -0.25) is 9.79 Å². The van der Waals surface area contributed by atoms with E-state index in [9.17, 15) is 9.90 Å². The minimum atomic E-state index is 0.186. The summed E-state index contributed by atoms with van der Waals surface area (Å²) < 4.78 is 0. The molecule has 0 spiro atoms. The van der Waals surface area contributed by atoms with Gasteiger partial charge in [0.1, 0.15) is 0 Å². The van der Waals surface area contributed by atoms with Gasteiger partial charge in [0.25, 0.3) is 0 Å². The largest absolute Gasteiger partial charge is 0.395 e. The van der Waals surface area contributed by atoms with Gasteiger partial charge < -0.3 is 15.3 Å². The molecule has 1 amide bonds. The molecule has 1 rings (SSSR count). The Morgan fingerprint density at radius 1 is 0.653 bits per heavy atom. The molecule has 1 aliphatic rings. The molecule has 5 nitrogen and oxygen atoms in total. The van der Waals surface area contributed by atoms with Gasteiger partial charge in [0.05, 0.1) is 18.5 Å². The summed E-state index contributed by atoms with van der Waals surface area (Å²) in [6.45, 7) is 7.10. The first-order valence-corrected chi connectivity index (χ1v) is 21.7. The molecule has 49 heavy (non-hydrogen) atoms. The summed E-state index contributed by atoms with van der Waals surface area (Å²) >= 11 is 0. The molecule has 0 aromatic heterocycles. The highest BCUT2D eigenvalue weighted by atomic mass is 16.3. The van der Waals surface area contributed by atoms with Gasteiger partial charge in [0.15, 0.2) is 0 Å². The molecule has 0 saturated carbocycles. The minimum Gasteiger partial charge on any atom is -0.395 e. The molecule has 0 fully saturated rings. The van der Waals surface area contributed by atoms with Gasteiger partial charge in [-0.05, 0) is 77.0 Å². The molecule has 1 unspecified atom stereocenters. The van der Waals surface area contributed by atoms with Crippen molar-refractivity contribution < 1.29 is 9.90 Å². The first-order valence-electron chi connectivity index (χ1n) is 21.7. The van der Waals surface area contributed by atoms with Crippen molar-refractivity contribution in [2.45, 2.75) is 219 Å². The molecule has 5 heteroatoms. The summed E-state index contributed by atoms with van der Waals surface area (Å²) in [6.07, 6.45) is 48.5. The van der Waals surface area contributed by atoms with E-state index in [0.29, 0.717) is 19.0 Å². The van der Waals surface area contributed by atoms with Crippen LogP contribution in [0.4, 0.5) is 0 Å². The zero-order valence-electron chi connectivity index (χ0n) is 32.9. The number of amides is 1. The maximum Gasteiger partial charge on any atom is 0.219 e. The third-order valence-electron chi connectivity index (χ3n) is 10.1. The summed E-state index contributed by atoms with van der Waals surface area (Å²) in [5.74, 6) is 1.40. The number of allylic oxidation sites excluding steroid dienone is 4. The second kappa shape index (κ2) is 36.2. The summed E-state index contributed by atoms with van der Waals surface area (Å²) in [4.78, 5) is 19.6. The van der Waals surface area contributed by atoms with Crippen LogP contribution in [0.2, 0.25) is 0 Å². The van der Waals surface area contributed by atoms with E-state index < -0.39 is 0 Å². The molecule has 0 radical (unpaired) electrons. The van der Waals surface area contributed by atoms with Gasteiger partial charge in [0, 0.05) is 32.5 Å². The number of hydrogen-bond acceptors (Lipinski definition) is 4. The highest BCUT2D eigenvalue weighted by Gasteiger charge is 2.23. The van der Waals surface area contributed by atoms with Crippen LogP contribution in [0.3, 0.4) is 0 Å². The minimum absolute atomic E-state index is 0.186. The number of aliphatic imine (C=N–C) groups is 1. The van der Waals surface area contributed by atoms with Crippen LogP contribution in [0.25, 0.3) is 0 Å². The van der Waals surface area contributed by atoms with E-state index in [1.807, 2.05) is 0 Å². The Bertz CT molecular complexity index is 808. The number of unbranched alkanes of at least 4 members (excludes halogenated alkanes) is 23. The maximum atomic E-state index is 12.3. The van der Waals surface area contributed by atoms with Crippen LogP contribution in [0.1, 0.15) is 213 Å². The first-order chi connectivity index (χ1) is 24.2. The number of nitrogens with zero attached hydrogens (tertiary/aromatic N) is 2. The fraction of sp³-hybridized carbons (Fsp3) is 0.864. The molecule has 0 aromatic rings. The Balaban J connectivity index is 1.99. The Kier molecular flexibility index (Phi) is 33.5. The molecule has 1 aliphatic heterocycles. The fourth-order valence-corrected chi connectivity index (χ4v) is 6.95. The zero-order chi connectivity index (χ0) is 35.3. The number of amidine groups is 1. The third kappa shape index (κ3) is 29.8. The average molecular weight is 686 g/mol. The molecule has 0 aliphatic carbocycles. The monoisotopic (exact) mass is 686 g/mol. The Morgan fingerprint density at radius 3 is 1.59 bits per heavy atom. The fourth-order valence-electron chi connectivity index (χ4n) is 6.95. The number of carbonyl (C=O) groups is 1. The van der Waals surface area contributed by atoms with Crippen LogP contribution in [-0.2, 0) is 4.79 Å². The summed E-state index contributed by atoms with van der Waals surface area (Å²) in [5.41, 5.74) is 0. The van der Waals surface area contributed by atoms with E-state index in [4.69, 9.17) is 4.99 Å². The van der Waals surface area contributed by atoms with Gasteiger partial charge in [-0.15, -0.1) is 0 Å². The lowest BCUT2D eigenvalue weighted by Gasteiger charge is -2.20. The molecule has 0 bridgehead atoms. The first kappa shape index (κ1) is 45.4. The molecular weight excluding hydrogens is 603 g/mol. The van der Waals surface area contributed by atoms with E-state index >= 15 is 0 Å². The van der Waals surface area contributed by atoms with Gasteiger partial charge in [-0.2, -0.15) is 0 Å². The summed E-state index contributed by atoms with van der Waals surface area (Å²) in [5, 5.41) is 12.7. The molecule has 0 saturated heterocycles. The van der Waals surface area contributed by atoms with Crippen LogP contribution in [0, 0.1) is 0 Å². The molecule has 1 atom stereocenters. The van der Waals surface area contributed by atoms with Crippen LogP contribution >= 0.6 is 0 Å². The maximum absolute atomic E-state index is 12.3. The Labute approximate surface area is 305 Å². The lowest BCUT2D eigenvalue weighted by atomic mass is 10.1. The number of aliphatic hydroxyl groups is 1. The van der Waals surface area contributed by atoms with E-state index in [0.717, 1.165) is 45.2 Å². The number of aliphatic hydroxyl groups excluding tert-OH is 1. The van der Waals surface area contributed by atoms with Crippen LogP contribution < -0.4 is 5.32 Å². The molecule has 1 heterocycles. The topological polar surface area (TPSA) is 64.9 Å². The number of β-amino-alcohol motifs (C(OH)–C–C–N with tert-alkyl or cyclic N) is 1. The quantitative estimate of drug-likeness (QED) is 0.0505. The highest BCUT2D eigenvalue weighted by Crippen LogP contribution is 2.19. The molecule has 2 N–H and O–H groups in total. The smallest absolute Gasteiger partial charge is 0.219 e. The summed E-state index contributed by atoms with van der Waals surface area (Å²) in [7, 11) is 0. The van der Waals surface area contributed by atoms with Crippen molar-refractivity contribution >= 4 is 11.7 Å². The Morgan fingerprint density at radius 2 is 1.10 bits per heavy atom. The lowest BCUT2D eigenvalue weighted by Crippen LogP contribution is -2.32. The van der Waals surface area contributed by atoms with Crippen molar-refractivity contribution in [1.29, 1.82) is 0 Å². The predicted octanol–water partition coefficient (Wildman–Crippen LogP) is 12.4. The van der Waals surface area contributed by atoms with Crippen LogP contribution in [0.15, 0.2) is 29.3 Å². The third-order valence-corrected chi connectivity index (χ3v) is 10.1. The van der Waals surface area contributed by atoms with E-state index in [2.05, 4.69) is 48.4 Å². The van der Waals surface area contributed by atoms with Crippen molar-refractivity contribution in [3.05, 3.63) is 24.3 Å². The average Bonchev–Trinajstić information content (AvgIpc) is 3.49. The van der Waals surface area contributed by atoms with Gasteiger partial charge in [-0.1, -0.05) is 147 Å². The predicted molar refractivity (Wildman–Crippen MR) is 216 cm³/mol. The molecule has 286 valence electrons. The van der Waals surface area contributed by atoms with E-state index in [1.54, 1.807) is 0 Å². The number of rotatable bonds is 37.